The Bertz CT molecular complexity index is 496. The van der Waals surface area contributed by atoms with Crippen molar-refractivity contribution < 1.29 is 19.1 Å². The van der Waals surface area contributed by atoms with E-state index in [-0.39, 0.29) is 5.91 Å². The average Bonchev–Trinajstić information content (AvgIpc) is 2.98. The first kappa shape index (κ1) is 21.2. The minimum absolute atomic E-state index is 0.334. The van der Waals surface area contributed by atoms with Crippen LogP contribution in [0.25, 0.3) is 0 Å². The number of hydrogen-bond acceptors (Lipinski definition) is 4. The van der Waals surface area contributed by atoms with Crippen LogP contribution >= 0.6 is 0 Å². The molecule has 2 N–H and O–H groups in total. The van der Waals surface area contributed by atoms with E-state index in [0.717, 1.165) is 32.1 Å². The topological polar surface area (TPSA) is 89.7 Å². The number of allylic oxidation sites excluding steroid dienone is 1. The molecule has 1 fully saturated rings. The zero-order chi connectivity index (χ0) is 19.0. The molecular weight excluding hydrogens is 320 g/mol. The molecule has 0 aromatic carbocycles. The van der Waals surface area contributed by atoms with E-state index in [1.807, 2.05) is 6.08 Å². The molecule has 0 aliphatic carbocycles. The van der Waals surface area contributed by atoms with Crippen LogP contribution in [0.4, 0.5) is 0 Å². The number of carbonyl (C=O) groups is 3. The normalized spacial score (nSPS) is 18.7. The Morgan fingerprint density at radius 1 is 1.28 bits per heavy atom. The van der Waals surface area contributed by atoms with Crippen molar-refractivity contribution in [2.45, 2.75) is 77.4 Å². The van der Waals surface area contributed by atoms with Gasteiger partial charge in [0.05, 0.1) is 0 Å². The number of esters is 1. The molecule has 1 rings (SSSR count). The van der Waals surface area contributed by atoms with E-state index in [0.29, 0.717) is 19.4 Å². The molecule has 1 saturated heterocycles. The van der Waals surface area contributed by atoms with Crippen molar-refractivity contribution >= 4 is 17.8 Å². The second-order valence-electron chi connectivity index (χ2n) is 7.60. The van der Waals surface area contributed by atoms with Gasteiger partial charge in [0, 0.05) is 6.54 Å². The summed E-state index contributed by atoms with van der Waals surface area (Å²) in [6.07, 6.45) is 7.12. The van der Waals surface area contributed by atoms with Gasteiger partial charge in [-0.15, -0.1) is 6.58 Å². The van der Waals surface area contributed by atoms with Crippen molar-refractivity contribution in [1.29, 1.82) is 0 Å². The van der Waals surface area contributed by atoms with Gasteiger partial charge in [0.2, 0.25) is 11.8 Å². The maximum Gasteiger partial charge on any atom is 0.319 e. The predicted octanol–water partition coefficient (Wildman–Crippen LogP) is 2.56. The Balaban J connectivity index is 2.81. The summed E-state index contributed by atoms with van der Waals surface area (Å²) < 4.78 is 5.44. The smallest absolute Gasteiger partial charge is 0.319 e. The van der Waals surface area contributed by atoms with E-state index in [1.165, 1.54) is 4.90 Å². The van der Waals surface area contributed by atoms with Crippen LogP contribution in [0.2, 0.25) is 0 Å². The van der Waals surface area contributed by atoms with Gasteiger partial charge in [0.1, 0.15) is 17.6 Å². The van der Waals surface area contributed by atoms with Crippen LogP contribution in [0.3, 0.4) is 0 Å². The number of unbranched alkanes of at least 4 members (excludes halogenated alkanes) is 3. The minimum atomic E-state index is -0.872. The van der Waals surface area contributed by atoms with Gasteiger partial charge < -0.3 is 15.4 Å². The number of nitrogens with two attached hydrogens (primary N) is 1. The molecule has 6 heteroatoms. The molecule has 0 bridgehead atoms. The molecule has 1 heterocycles. The van der Waals surface area contributed by atoms with Crippen molar-refractivity contribution in [3.63, 3.8) is 0 Å². The van der Waals surface area contributed by atoms with Gasteiger partial charge in [-0.3, -0.25) is 14.4 Å². The van der Waals surface area contributed by atoms with Crippen LogP contribution in [-0.4, -0.2) is 40.9 Å². The highest BCUT2D eigenvalue weighted by molar-refractivity contribution is 5.99. The van der Waals surface area contributed by atoms with Gasteiger partial charge in [-0.05, 0) is 52.9 Å². The van der Waals surface area contributed by atoms with Gasteiger partial charge in [-0.25, -0.2) is 0 Å². The number of rotatable bonds is 9. The number of nitrogens with zero attached hydrogens (tertiary/aromatic N) is 1. The number of primary amides is 1. The lowest BCUT2D eigenvalue weighted by Gasteiger charge is -2.28. The molecule has 2 atom stereocenters. The average molecular weight is 352 g/mol. The van der Waals surface area contributed by atoms with Crippen LogP contribution in [0, 0.1) is 5.92 Å². The van der Waals surface area contributed by atoms with Crippen LogP contribution in [0.5, 0.6) is 0 Å². The number of ether oxygens (including phenoxy) is 1. The van der Waals surface area contributed by atoms with Gasteiger partial charge >= 0.3 is 5.97 Å². The maximum atomic E-state index is 12.9. The lowest BCUT2D eigenvalue weighted by Crippen LogP contribution is -2.48. The van der Waals surface area contributed by atoms with E-state index in [4.69, 9.17) is 10.5 Å². The van der Waals surface area contributed by atoms with Gasteiger partial charge in [-0.1, -0.05) is 18.9 Å². The molecule has 0 radical (unpaired) electrons. The summed E-state index contributed by atoms with van der Waals surface area (Å²) in [5, 5.41) is 0. The zero-order valence-corrected chi connectivity index (χ0v) is 15.8. The number of hydrogen-bond donors (Lipinski definition) is 1. The first-order chi connectivity index (χ1) is 11.7. The Morgan fingerprint density at radius 2 is 1.96 bits per heavy atom. The Kier molecular flexibility index (Phi) is 8.13. The van der Waals surface area contributed by atoms with Gasteiger partial charge in [0.25, 0.3) is 0 Å². The molecule has 0 saturated carbocycles. The molecule has 6 nitrogen and oxygen atoms in total. The van der Waals surface area contributed by atoms with E-state index in [1.54, 1.807) is 20.8 Å². The van der Waals surface area contributed by atoms with Crippen LogP contribution in [0.15, 0.2) is 12.7 Å². The molecule has 0 unspecified atom stereocenters. The molecule has 2 amide bonds. The molecule has 142 valence electrons. The quantitative estimate of drug-likeness (QED) is 0.299. The summed E-state index contributed by atoms with van der Waals surface area (Å²) in [5.41, 5.74) is 4.74. The zero-order valence-electron chi connectivity index (χ0n) is 15.8. The van der Waals surface area contributed by atoms with E-state index in [9.17, 15) is 14.4 Å². The number of likely N-dealkylation sites (tertiary alicyclic amines) is 1. The summed E-state index contributed by atoms with van der Waals surface area (Å²) in [6, 6.07) is -0.613. The van der Waals surface area contributed by atoms with Crippen LogP contribution < -0.4 is 5.73 Å². The van der Waals surface area contributed by atoms with Crippen molar-refractivity contribution in [2.75, 3.05) is 6.54 Å². The second-order valence-corrected chi connectivity index (χ2v) is 7.60. The molecular formula is C19H32N2O4. The third kappa shape index (κ3) is 6.88. The Hall–Kier alpha value is -1.85. The second kappa shape index (κ2) is 9.59. The summed E-state index contributed by atoms with van der Waals surface area (Å²) in [4.78, 5) is 38.5. The maximum absolute atomic E-state index is 12.9. The van der Waals surface area contributed by atoms with E-state index in [2.05, 4.69) is 6.58 Å². The van der Waals surface area contributed by atoms with Gasteiger partial charge in [-0.2, -0.15) is 0 Å². The Labute approximate surface area is 150 Å². The van der Waals surface area contributed by atoms with Gasteiger partial charge in [0.15, 0.2) is 0 Å². The lowest BCUT2D eigenvalue weighted by atomic mass is 9.98. The summed E-state index contributed by atoms with van der Waals surface area (Å²) in [6.45, 7) is 9.48. The molecule has 0 spiro atoms. The summed E-state index contributed by atoms with van der Waals surface area (Å²) in [7, 11) is 0. The van der Waals surface area contributed by atoms with E-state index >= 15 is 0 Å². The van der Waals surface area contributed by atoms with Crippen LogP contribution in [0.1, 0.15) is 65.7 Å². The SMILES string of the molecule is C=CCCCCC[C@H](C(=O)OC(C)(C)C)C(=O)N1CCC[C@H]1C(N)=O. The monoisotopic (exact) mass is 352 g/mol. The number of carbonyl (C=O) groups excluding carboxylic acids is 3. The third-order valence-electron chi connectivity index (χ3n) is 4.25. The fourth-order valence-corrected chi connectivity index (χ4v) is 3.06. The molecule has 0 aromatic heterocycles. The third-order valence-corrected chi connectivity index (χ3v) is 4.25. The van der Waals surface area contributed by atoms with Crippen molar-refractivity contribution in [3.8, 4) is 0 Å². The molecule has 1 aliphatic heterocycles. The Morgan fingerprint density at radius 3 is 2.52 bits per heavy atom. The molecule has 1 aliphatic rings. The largest absolute Gasteiger partial charge is 0.459 e. The van der Waals surface area contributed by atoms with Crippen molar-refractivity contribution in [3.05, 3.63) is 12.7 Å². The number of amides is 2. The van der Waals surface area contributed by atoms with Crippen LogP contribution in [-0.2, 0) is 19.1 Å². The summed E-state index contributed by atoms with van der Waals surface area (Å²) in [5.74, 6) is -2.24. The lowest BCUT2D eigenvalue weighted by molar-refractivity contribution is -0.166. The summed E-state index contributed by atoms with van der Waals surface area (Å²) >= 11 is 0. The molecule has 0 aromatic rings. The molecule has 25 heavy (non-hydrogen) atoms. The first-order valence-corrected chi connectivity index (χ1v) is 9.11. The fourth-order valence-electron chi connectivity index (χ4n) is 3.06. The fraction of sp³-hybridized carbons (Fsp3) is 0.737. The highest BCUT2D eigenvalue weighted by Gasteiger charge is 2.40. The minimum Gasteiger partial charge on any atom is -0.459 e. The first-order valence-electron chi connectivity index (χ1n) is 9.11. The van der Waals surface area contributed by atoms with Crippen molar-refractivity contribution in [2.24, 2.45) is 11.7 Å². The highest BCUT2D eigenvalue weighted by Crippen LogP contribution is 2.24. The van der Waals surface area contributed by atoms with Crippen molar-refractivity contribution in [1.82, 2.24) is 4.90 Å². The standard InChI is InChI=1S/C19H32N2O4/c1-5-6-7-8-9-11-14(18(24)25-19(2,3)4)17(23)21-13-10-12-15(21)16(20)22/h5,14-15H,1,6-13H2,2-4H3,(H2,20,22)/t14-,15-/m0/s1. The highest BCUT2D eigenvalue weighted by atomic mass is 16.6. The van der Waals surface area contributed by atoms with E-state index < -0.39 is 29.4 Å². The predicted molar refractivity (Wildman–Crippen MR) is 96.5 cm³/mol.